The van der Waals surface area contributed by atoms with Crippen molar-refractivity contribution in [2.75, 3.05) is 19.3 Å². The SMILES string of the molecule is CS(=O)(=O)C1CCN(S(=O)(=O)c2ccc(Oc3ccccc3Cl)cc2)CC1. The Bertz CT molecular complexity index is 1010. The molecule has 0 radical (unpaired) electrons. The molecule has 0 atom stereocenters. The Labute approximate surface area is 164 Å². The molecular formula is C18H20ClNO5S2. The molecule has 6 nitrogen and oxygen atoms in total. The minimum absolute atomic E-state index is 0.145. The number of nitrogens with zero attached hydrogens (tertiary/aromatic N) is 1. The molecule has 146 valence electrons. The predicted octanol–water partition coefficient (Wildman–Crippen LogP) is 3.33. The summed E-state index contributed by atoms with van der Waals surface area (Å²) in [7, 11) is -6.82. The first-order valence-electron chi connectivity index (χ1n) is 8.39. The van der Waals surface area contributed by atoms with Crippen molar-refractivity contribution in [1.29, 1.82) is 0 Å². The van der Waals surface area contributed by atoms with Crippen LogP contribution in [-0.2, 0) is 19.9 Å². The molecule has 1 aliphatic heterocycles. The van der Waals surface area contributed by atoms with Gasteiger partial charge >= 0.3 is 0 Å². The van der Waals surface area contributed by atoms with E-state index in [0.717, 1.165) is 0 Å². The van der Waals surface area contributed by atoms with Gasteiger partial charge in [-0.1, -0.05) is 23.7 Å². The number of benzene rings is 2. The number of sulfone groups is 1. The number of piperidine rings is 1. The van der Waals surface area contributed by atoms with E-state index in [1.807, 2.05) is 0 Å². The number of rotatable bonds is 5. The van der Waals surface area contributed by atoms with Crippen LogP contribution in [0.2, 0.25) is 5.02 Å². The van der Waals surface area contributed by atoms with Crippen LogP contribution in [0.25, 0.3) is 0 Å². The molecule has 1 fully saturated rings. The number of ether oxygens (including phenoxy) is 1. The second-order valence-corrected chi connectivity index (χ2v) is 11.1. The molecule has 2 aromatic carbocycles. The van der Waals surface area contributed by atoms with Crippen LogP contribution in [0, 0.1) is 0 Å². The van der Waals surface area contributed by atoms with E-state index in [1.54, 1.807) is 36.4 Å². The molecule has 0 amide bonds. The molecule has 3 rings (SSSR count). The summed E-state index contributed by atoms with van der Waals surface area (Å²) >= 11 is 6.05. The van der Waals surface area contributed by atoms with Crippen LogP contribution >= 0.6 is 11.6 Å². The van der Waals surface area contributed by atoms with Gasteiger partial charge in [0, 0.05) is 19.3 Å². The smallest absolute Gasteiger partial charge is 0.243 e. The second-order valence-electron chi connectivity index (χ2n) is 6.44. The van der Waals surface area contributed by atoms with Crippen molar-refractivity contribution < 1.29 is 21.6 Å². The third-order valence-corrected chi connectivity index (χ3v) is 8.44. The lowest BCUT2D eigenvalue weighted by Crippen LogP contribution is -2.42. The molecule has 9 heteroatoms. The Morgan fingerprint density at radius 1 is 0.963 bits per heavy atom. The van der Waals surface area contributed by atoms with Gasteiger partial charge in [0.25, 0.3) is 0 Å². The standard InChI is InChI=1S/C18H20ClNO5S2/c1-26(21,22)15-10-12-20(13-11-15)27(23,24)16-8-6-14(7-9-16)25-18-5-3-2-4-17(18)19/h2-9,15H,10-13H2,1H3. The number of para-hydroxylation sites is 1. The molecular weight excluding hydrogens is 410 g/mol. The molecule has 1 aliphatic rings. The third-order valence-electron chi connectivity index (χ3n) is 4.53. The molecule has 0 spiro atoms. The Hall–Kier alpha value is -1.61. The maximum Gasteiger partial charge on any atom is 0.243 e. The average Bonchev–Trinajstić information content (AvgIpc) is 2.63. The van der Waals surface area contributed by atoms with E-state index >= 15 is 0 Å². The van der Waals surface area contributed by atoms with Gasteiger partial charge in [-0.05, 0) is 49.2 Å². The summed E-state index contributed by atoms with van der Waals surface area (Å²) in [5, 5.41) is -0.0155. The van der Waals surface area contributed by atoms with Crippen molar-refractivity contribution in [3.05, 3.63) is 53.6 Å². The van der Waals surface area contributed by atoms with E-state index in [0.29, 0.717) is 29.4 Å². The van der Waals surface area contributed by atoms with Gasteiger partial charge in [-0.15, -0.1) is 0 Å². The third kappa shape index (κ3) is 4.63. The van der Waals surface area contributed by atoms with Gasteiger partial charge in [0.05, 0.1) is 15.2 Å². The average molecular weight is 430 g/mol. The monoisotopic (exact) mass is 429 g/mol. The van der Waals surface area contributed by atoms with Gasteiger partial charge in [-0.2, -0.15) is 4.31 Å². The number of sulfonamides is 1. The maximum atomic E-state index is 12.8. The first-order chi connectivity index (χ1) is 12.7. The van der Waals surface area contributed by atoms with E-state index in [2.05, 4.69) is 0 Å². The molecule has 0 aromatic heterocycles. The summed E-state index contributed by atoms with van der Waals surface area (Å²) in [6, 6.07) is 13.1. The maximum absolute atomic E-state index is 12.8. The highest BCUT2D eigenvalue weighted by molar-refractivity contribution is 7.91. The minimum Gasteiger partial charge on any atom is -0.456 e. The largest absolute Gasteiger partial charge is 0.456 e. The van der Waals surface area contributed by atoms with Crippen LogP contribution < -0.4 is 4.74 Å². The zero-order valence-electron chi connectivity index (χ0n) is 14.7. The highest BCUT2D eigenvalue weighted by Gasteiger charge is 2.33. The molecule has 0 saturated carbocycles. The van der Waals surface area contributed by atoms with Crippen LogP contribution in [0.1, 0.15) is 12.8 Å². The number of hydrogen-bond acceptors (Lipinski definition) is 5. The van der Waals surface area contributed by atoms with E-state index < -0.39 is 25.1 Å². The van der Waals surface area contributed by atoms with E-state index in [-0.39, 0.29) is 18.0 Å². The minimum atomic E-state index is -3.67. The summed E-state index contributed by atoms with van der Waals surface area (Å²) in [6.07, 6.45) is 1.82. The van der Waals surface area contributed by atoms with E-state index in [4.69, 9.17) is 16.3 Å². The van der Waals surface area contributed by atoms with Crippen molar-refractivity contribution in [3.63, 3.8) is 0 Å². The fourth-order valence-corrected chi connectivity index (χ4v) is 5.69. The van der Waals surface area contributed by atoms with Gasteiger partial charge in [0.1, 0.15) is 21.3 Å². The zero-order valence-corrected chi connectivity index (χ0v) is 17.1. The van der Waals surface area contributed by atoms with Gasteiger partial charge in [0.2, 0.25) is 10.0 Å². The number of hydrogen-bond donors (Lipinski definition) is 0. The lowest BCUT2D eigenvalue weighted by atomic mass is 10.2. The normalized spacial score (nSPS) is 17.0. The summed E-state index contributed by atoms with van der Waals surface area (Å²) in [4.78, 5) is 0.145. The molecule has 0 unspecified atom stereocenters. The van der Waals surface area contributed by atoms with Gasteiger partial charge in [-0.25, -0.2) is 16.8 Å². The van der Waals surface area contributed by atoms with Crippen LogP contribution in [0.5, 0.6) is 11.5 Å². The van der Waals surface area contributed by atoms with Crippen molar-refractivity contribution >= 4 is 31.5 Å². The van der Waals surface area contributed by atoms with Gasteiger partial charge < -0.3 is 4.74 Å². The Kier molecular flexibility index (Phi) is 5.81. The summed E-state index contributed by atoms with van der Waals surface area (Å²) in [6.45, 7) is 0.385. The molecule has 0 bridgehead atoms. The predicted molar refractivity (Wildman–Crippen MR) is 105 cm³/mol. The fourth-order valence-electron chi connectivity index (χ4n) is 2.98. The van der Waals surface area contributed by atoms with Crippen LogP contribution in [0.3, 0.4) is 0 Å². The Morgan fingerprint density at radius 3 is 2.11 bits per heavy atom. The molecule has 27 heavy (non-hydrogen) atoms. The Balaban J connectivity index is 1.72. The van der Waals surface area contributed by atoms with Crippen molar-refractivity contribution in [2.45, 2.75) is 23.0 Å². The van der Waals surface area contributed by atoms with Crippen molar-refractivity contribution in [2.24, 2.45) is 0 Å². The fraction of sp³-hybridized carbons (Fsp3) is 0.333. The first-order valence-corrected chi connectivity index (χ1v) is 12.2. The van der Waals surface area contributed by atoms with Crippen molar-refractivity contribution in [1.82, 2.24) is 4.31 Å². The van der Waals surface area contributed by atoms with Gasteiger partial charge in [0.15, 0.2) is 0 Å². The lowest BCUT2D eigenvalue weighted by Gasteiger charge is -2.30. The molecule has 0 N–H and O–H groups in total. The quantitative estimate of drug-likeness (QED) is 0.728. The van der Waals surface area contributed by atoms with Crippen LogP contribution in [-0.4, -0.2) is 45.7 Å². The molecule has 1 heterocycles. The summed E-state index contributed by atoms with van der Waals surface area (Å²) < 4.78 is 55.8. The van der Waals surface area contributed by atoms with E-state index in [9.17, 15) is 16.8 Å². The van der Waals surface area contributed by atoms with Crippen molar-refractivity contribution in [3.8, 4) is 11.5 Å². The topological polar surface area (TPSA) is 80.8 Å². The Morgan fingerprint density at radius 2 is 1.56 bits per heavy atom. The number of halogens is 1. The highest BCUT2D eigenvalue weighted by atomic mass is 35.5. The first kappa shape index (κ1) is 20.1. The van der Waals surface area contributed by atoms with Crippen LogP contribution in [0.15, 0.2) is 53.4 Å². The zero-order chi connectivity index (χ0) is 19.7. The summed E-state index contributed by atoms with van der Waals surface area (Å²) in [5.41, 5.74) is 0. The molecule has 0 aliphatic carbocycles. The van der Waals surface area contributed by atoms with Gasteiger partial charge in [-0.3, -0.25) is 0 Å². The molecule has 1 saturated heterocycles. The summed E-state index contributed by atoms with van der Waals surface area (Å²) in [5.74, 6) is 0.954. The molecule has 2 aromatic rings. The second kappa shape index (κ2) is 7.79. The van der Waals surface area contributed by atoms with E-state index in [1.165, 1.54) is 22.7 Å². The highest BCUT2D eigenvalue weighted by Crippen LogP contribution is 2.30. The lowest BCUT2D eigenvalue weighted by molar-refractivity contribution is 0.346. The van der Waals surface area contributed by atoms with Crippen LogP contribution in [0.4, 0.5) is 0 Å².